The third kappa shape index (κ3) is 3.74. The third-order valence-electron chi connectivity index (χ3n) is 4.94. The molecule has 0 saturated heterocycles. The molecule has 0 fully saturated rings. The van der Waals surface area contributed by atoms with Crippen LogP contribution in [0.1, 0.15) is 18.5 Å². The number of aromatic nitrogens is 3. The van der Waals surface area contributed by atoms with Crippen LogP contribution in [0.5, 0.6) is 0 Å². The summed E-state index contributed by atoms with van der Waals surface area (Å²) in [5, 5.41) is 11.3. The summed E-state index contributed by atoms with van der Waals surface area (Å²) in [6, 6.07) is 12.5. The number of hydrogen-bond donors (Lipinski definition) is 2. The van der Waals surface area contributed by atoms with Crippen molar-refractivity contribution in [2.75, 3.05) is 29.6 Å². The zero-order chi connectivity index (χ0) is 21.4. The molecule has 1 atom stereocenters. The van der Waals surface area contributed by atoms with Crippen LogP contribution in [-0.4, -0.2) is 34.8 Å². The molecule has 0 radical (unpaired) electrons. The smallest absolute Gasteiger partial charge is 0.255 e. The van der Waals surface area contributed by atoms with E-state index in [1.54, 1.807) is 22.9 Å². The Morgan fingerprint density at radius 2 is 1.90 bits per heavy atom. The number of nitrogens with zero attached hydrogens (tertiary/aromatic N) is 4. The maximum Gasteiger partial charge on any atom is 0.255 e. The van der Waals surface area contributed by atoms with Crippen LogP contribution in [0, 0.1) is 0 Å². The fourth-order valence-corrected chi connectivity index (χ4v) is 3.77. The van der Waals surface area contributed by atoms with Crippen molar-refractivity contribution < 1.29 is 4.79 Å². The predicted octanol–water partition coefficient (Wildman–Crippen LogP) is 4.58. The van der Waals surface area contributed by atoms with E-state index >= 15 is 0 Å². The number of nitrogens with one attached hydrogen (secondary N) is 2. The number of hydrogen-bond acceptors (Lipinski definition) is 5. The fourth-order valence-electron chi connectivity index (χ4n) is 3.43. The summed E-state index contributed by atoms with van der Waals surface area (Å²) in [5.74, 6) is 0.276. The minimum atomic E-state index is -0.446. The zero-order valence-electron chi connectivity index (χ0n) is 16.6. The number of carbonyl (C=O) groups is 1. The molecule has 1 unspecified atom stereocenters. The van der Waals surface area contributed by atoms with Crippen LogP contribution in [0.2, 0.25) is 10.0 Å². The lowest BCUT2D eigenvalue weighted by Gasteiger charge is -2.29. The fraction of sp³-hybridized carbons (Fsp3) is 0.190. The summed E-state index contributed by atoms with van der Waals surface area (Å²) >= 11 is 12.3. The van der Waals surface area contributed by atoms with Crippen LogP contribution < -0.4 is 15.5 Å². The Kier molecular flexibility index (Phi) is 5.40. The van der Waals surface area contributed by atoms with Crippen molar-refractivity contribution >= 4 is 46.4 Å². The molecule has 9 heteroatoms. The first kappa shape index (κ1) is 20.3. The van der Waals surface area contributed by atoms with E-state index in [0.717, 1.165) is 11.3 Å². The van der Waals surface area contributed by atoms with Crippen molar-refractivity contribution in [3.63, 3.8) is 0 Å². The van der Waals surface area contributed by atoms with E-state index < -0.39 is 6.04 Å². The zero-order valence-corrected chi connectivity index (χ0v) is 18.2. The molecule has 0 spiro atoms. The largest absolute Gasteiger partial charge is 0.378 e. The summed E-state index contributed by atoms with van der Waals surface area (Å²) in [6.45, 7) is 1.84. The standard InChI is InChI=1S/C21H20Cl2N6O/c1-12-18(20(30)27-17-10-14(22)6-9-16(17)23)19(29-21(26-12)24-11-25-29)13-4-7-15(8-5-13)28(2)3/h4-11,19H,1-3H3,(H,27,30)(H,24,25,26). The molecule has 1 aromatic heterocycles. The normalized spacial score (nSPS) is 15.4. The lowest BCUT2D eigenvalue weighted by molar-refractivity contribution is -0.113. The number of benzene rings is 2. The highest BCUT2D eigenvalue weighted by molar-refractivity contribution is 6.35. The first-order valence-corrected chi connectivity index (χ1v) is 10.0. The maximum atomic E-state index is 13.4. The van der Waals surface area contributed by atoms with Gasteiger partial charge in [0.15, 0.2) is 0 Å². The molecule has 30 heavy (non-hydrogen) atoms. The van der Waals surface area contributed by atoms with Gasteiger partial charge >= 0.3 is 0 Å². The van der Waals surface area contributed by atoms with Gasteiger partial charge < -0.3 is 15.5 Å². The number of fused-ring (bicyclic) bond motifs is 1. The highest BCUT2D eigenvalue weighted by Crippen LogP contribution is 2.36. The van der Waals surface area contributed by atoms with Crippen molar-refractivity contribution in [1.29, 1.82) is 0 Å². The molecule has 0 aliphatic carbocycles. The monoisotopic (exact) mass is 442 g/mol. The molecule has 0 saturated carbocycles. The average molecular weight is 443 g/mol. The molecule has 7 nitrogen and oxygen atoms in total. The number of anilines is 3. The maximum absolute atomic E-state index is 13.4. The van der Waals surface area contributed by atoms with Crippen LogP contribution in [0.15, 0.2) is 60.1 Å². The van der Waals surface area contributed by atoms with E-state index in [-0.39, 0.29) is 5.91 Å². The second-order valence-electron chi connectivity index (χ2n) is 7.16. The molecule has 2 heterocycles. The average Bonchev–Trinajstić information content (AvgIpc) is 3.17. The summed E-state index contributed by atoms with van der Waals surface area (Å²) in [6.07, 6.45) is 1.46. The Balaban J connectivity index is 1.75. The first-order chi connectivity index (χ1) is 14.3. The number of allylic oxidation sites excluding steroid dienone is 1. The van der Waals surface area contributed by atoms with Gasteiger partial charge in [-0.05, 0) is 42.8 Å². The predicted molar refractivity (Wildman–Crippen MR) is 120 cm³/mol. The Morgan fingerprint density at radius 1 is 1.17 bits per heavy atom. The van der Waals surface area contributed by atoms with E-state index in [1.807, 2.05) is 50.2 Å². The SMILES string of the molecule is CC1=C(C(=O)Nc2cc(Cl)ccc2Cl)C(c2ccc(N(C)C)cc2)n2ncnc2N1. The second-order valence-corrected chi connectivity index (χ2v) is 8.00. The molecule has 3 aromatic rings. The van der Waals surface area contributed by atoms with Gasteiger partial charge in [0, 0.05) is 30.5 Å². The van der Waals surface area contributed by atoms with Gasteiger partial charge in [-0.1, -0.05) is 35.3 Å². The molecule has 1 amide bonds. The molecule has 154 valence electrons. The van der Waals surface area contributed by atoms with Crippen LogP contribution in [-0.2, 0) is 4.79 Å². The molecule has 1 aliphatic rings. The summed E-state index contributed by atoms with van der Waals surface area (Å²) in [7, 11) is 3.96. The minimum absolute atomic E-state index is 0.299. The second kappa shape index (κ2) is 8.01. The summed E-state index contributed by atoms with van der Waals surface area (Å²) < 4.78 is 1.70. The van der Waals surface area contributed by atoms with Crippen LogP contribution in [0.4, 0.5) is 17.3 Å². The molecule has 1 aliphatic heterocycles. The Labute approximate surface area is 184 Å². The van der Waals surface area contributed by atoms with Gasteiger partial charge in [0.05, 0.1) is 16.3 Å². The van der Waals surface area contributed by atoms with E-state index in [4.69, 9.17) is 23.2 Å². The quantitative estimate of drug-likeness (QED) is 0.618. The first-order valence-electron chi connectivity index (χ1n) is 9.26. The van der Waals surface area contributed by atoms with E-state index in [1.165, 1.54) is 6.33 Å². The van der Waals surface area contributed by atoms with E-state index in [0.29, 0.717) is 33.0 Å². The van der Waals surface area contributed by atoms with Crippen LogP contribution >= 0.6 is 23.2 Å². The van der Waals surface area contributed by atoms with Gasteiger partial charge in [-0.25, -0.2) is 4.68 Å². The Hall–Kier alpha value is -3.03. The molecule has 2 N–H and O–H groups in total. The van der Waals surface area contributed by atoms with Crippen molar-refractivity contribution in [1.82, 2.24) is 14.8 Å². The van der Waals surface area contributed by atoms with Crippen molar-refractivity contribution in [3.05, 3.63) is 75.7 Å². The van der Waals surface area contributed by atoms with Gasteiger partial charge in [-0.15, -0.1) is 0 Å². The van der Waals surface area contributed by atoms with Gasteiger partial charge in [0.2, 0.25) is 5.95 Å². The van der Waals surface area contributed by atoms with E-state index in [9.17, 15) is 4.79 Å². The van der Waals surface area contributed by atoms with Crippen molar-refractivity contribution in [2.24, 2.45) is 0 Å². The minimum Gasteiger partial charge on any atom is -0.378 e. The molecular weight excluding hydrogens is 423 g/mol. The highest BCUT2D eigenvalue weighted by atomic mass is 35.5. The Bertz CT molecular complexity index is 1140. The molecule has 2 aromatic carbocycles. The third-order valence-corrected chi connectivity index (χ3v) is 5.51. The topological polar surface area (TPSA) is 75.1 Å². The van der Waals surface area contributed by atoms with Crippen molar-refractivity contribution in [3.8, 4) is 0 Å². The van der Waals surface area contributed by atoms with E-state index in [2.05, 4.69) is 20.7 Å². The van der Waals surface area contributed by atoms with Gasteiger partial charge in [0.25, 0.3) is 5.91 Å². The molecule has 0 bridgehead atoms. The van der Waals surface area contributed by atoms with Crippen LogP contribution in [0.3, 0.4) is 0 Å². The number of carbonyl (C=O) groups excluding carboxylic acids is 1. The number of halogens is 2. The lowest BCUT2D eigenvalue weighted by Crippen LogP contribution is -2.31. The number of amides is 1. The van der Waals surface area contributed by atoms with Crippen LogP contribution in [0.25, 0.3) is 0 Å². The van der Waals surface area contributed by atoms with Gasteiger partial charge in [-0.3, -0.25) is 4.79 Å². The lowest BCUT2D eigenvalue weighted by atomic mass is 9.94. The number of rotatable bonds is 4. The van der Waals surface area contributed by atoms with Gasteiger partial charge in [0.1, 0.15) is 12.4 Å². The summed E-state index contributed by atoms with van der Waals surface area (Å²) in [5.41, 5.74) is 3.62. The summed E-state index contributed by atoms with van der Waals surface area (Å²) in [4.78, 5) is 19.6. The van der Waals surface area contributed by atoms with Crippen molar-refractivity contribution in [2.45, 2.75) is 13.0 Å². The Morgan fingerprint density at radius 3 is 2.60 bits per heavy atom. The molecular formula is C21H20Cl2N6O. The van der Waals surface area contributed by atoms with Gasteiger partial charge in [-0.2, -0.15) is 10.1 Å². The molecule has 4 rings (SSSR count). The highest BCUT2D eigenvalue weighted by Gasteiger charge is 2.33.